The minimum absolute atomic E-state index is 0.118. The second-order valence-corrected chi connectivity index (χ2v) is 6.39. The van der Waals surface area contributed by atoms with Gasteiger partial charge in [0, 0.05) is 22.5 Å². The average Bonchev–Trinajstić information content (AvgIpc) is 2.56. The van der Waals surface area contributed by atoms with Crippen LogP contribution in [0, 0.1) is 0 Å². The summed E-state index contributed by atoms with van der Waals surface area (Å²) in [7, 11) is 0. The summed E-state index contributed by atoms with van der Waals surface area (Å²) < 4.78 is 0.855. The molecule has 7 nitrogen and oxygen atoms in total. The van der Waals surface area contributed by atoms with Crippen molar-refractivity contribution < 1.29 is 9.90 Å². The molecule has 0 bridgehead atoms. The number of pyridine rings is 1. The number of hydrogen-bond donors (Lipinski definition) is 3. The third-order valence-electron chi connectivity index (χ3n) is 3.85. The van der Waals surface area contributed by atoms with Crippen molar-refractivity contribution in [2.45, 2.75) is 12.5 Å². The summed E-state index contributed by atoms with van der Waals surface area (Å²) in [5, 5.41) is 16.3. The summed E-state index contributed by atoms with van der Waals surface area (Å²) in [6.07, 6.45) is 3.56. The molecular weight excluding hydrogens is 374 g/mol. The number of hydrogen-bond acceptors (Lipinski definition) is 6. The molecule has 0 saturated heterocycles. The highest BCUT2D eigenvalue weighted by Gasteiger charge is 2.27. The molecule has 1 aliphatic heterocycles. The van der Waals surface area contributed by atoms with Crippen LogP contribution in [0.2, 0.25) is 0 Å². The number of nitrogens with zero attached hydrogens (tertiary/aromatic N) is 3. The molecule has 2 aromatic heterocycles. The highest BCUT2D eigenvalue weighted by Crippen LogP contribution is 2.27. The van der Waals surface area contributed by atoms with E-state index >= 15 is 0 Å². The number of benzene rings is 1. The molecular formula is C16H12BrN5O2. The molecule has 1 aromatic carbocycles. The van der Waals surface area contributed by atoms with Gasteiger partial charge in [0.15, 0.2) is 0 Å². The van der Waals surface area contributed by atoms with Crippen LogP contribution in [0.5, 0.6) is 5.75 Å². The third-order valence-corrected chi connectivity index (χ3v) is 4.28. The zero-order chi connectivity index (χ0) is 16.7. The number of halogens is 1. The van der Waals surface area contributed by atoms with Crippen LogP contribution in [0.3, 0.4) is 0 Å². The topological polar surface area (TPSA) is 100 Å². The molecule has 3 N–H and O–H groups in total. The fourth-order valence-electron chi connectivity index (χ4n) is 2.71. The van der Waals surface area contributed by atoms with Crippen LogP contribution in [0.1, 0.15) is 5.56 Å². The quantitative estimate of drug-likeness (QED) is 0.626. The molecule has 4 rings (SSSR count). The first kappa shape index (κ1) is 14.8. The molecule has 24 heavy (non-hydrogen) atoms. The van der Waals surface area contributed by atoms with Crippen molar-refractivity contribution in [3.63, 3.8) is 0 Å². The van der Waals surface area contributed by atoms with Crippen LogP contribution in [-0.4, -0.2) is 32.0 Å². The van der Waals surface area contributed by atoms with E-state index in [1.165, 1.54) is 6.33 Å². The summed E-state index contributed by atoms with van der Waals surface area (Å²) in [6, 6.07) is 6.28. The Labute approximate surface area is 145 Å². The van der Waals surface area contributed by atoms with Gasteiger partial charge in [0.05, 0.1) is 5.52 Å². The zero-order valence-corrected chi connectivity index (χ0v) is 13.9. The molecule has 1 amide bonds. The van der Waals surface area contributed by atoms with E-state index in [4.69, 9.17) is 0 Å². The van der Waals surface area contributed by atoms with Gasteiger partial charge in [0.2, 0.25) is 5.91 Å². The third kappa shape index (κ3) is 2.65. The second-order valence-electron chi connectivity index (χ2n) is 5.48. The van der Waals surface area contributed by atoms with Gasteiger partial charge in [-0.15, -0.1) is 0 Å². The van der Waals surface area contributed by atoms with Gasteiger partial charge in [0.25, 0.3) is 0 Å². The lowest BCUT2D eigenvalue weighted by Gasteiger charge is -2.25. The van der Waals surface area contributed by atoms with Gasteiger partial charge in [-0.1, -0.05) is 0 Å². The molecule has 1 unspecified atom stereocenters. The highest BCUT2D eigenvalue weighted by molar-refractivity contribution is 9.10. The van der Waals surface area contributed by atoms with Gasteiger partial charge in [-0.2, -0.15) is 0 Å². The van der Waals surface area contributed by atoms with E-state index in [1.807, 2.05) is 6.07 Å². The van der Waals surface area contributed by atoms with E-state index in [0.717, 1.165) is 10.0 Å². The molecule has 0 saturated carbocycles. The molecule has 0 spiro atoms. The van der Waals surface area contributed by atoms with Gasteiger partial charge in [0.1, 0.15) is 29.8 Å². The minimum atomic E-state index is -0.492. The van der Waals surface area contributed by atoms with E-state index in [0.29, 0.717) is 29.0 Å². The van der Waals surface area contributed by atoms with Crippen LogP contribution >= 0.6 is 15.9 Å². The van der Waals surface area contributed by atoms with Crippen LogP contribution in [0.4, 0.5) is 11.6 Å². The predicted octanol–water partition coefficient (Wildman–Crippen LogP) is 2.47. The smallest absolute Gasteiger partial charge is 0.248 e. The Morgan fingerprint density at radius 1 is 1.25 bits per heavy atom. The number of fused-ring (bicyclic) bond motifs is 2. The molecule has 1 atom stereocenters. The fourth-order valence-corrected chi connectivity index (χ4v) is 3.09. The number of aromatic hydroxyl groups is 1. The first-order chi connectivity index (χ1) is 11.6. The Morgan fingerprint density at radius 3 is 3.00 bits per heavy atom. The first-order valence-electron chi connectivity index (χ1n) is 7.26. The number of anilines is 2. The SMILES string of the molecule is O=C1Nc2ncc(Br)cc2CC1Nc1ncnc2ccc(O)cc12. The Morgan fingerprint density at radius 2 is 2.12 bits per heavy atom. The molecule has 3 aromatic rings. The fraction of sp³-hybridized carbons (Fsp3) is 0.125. The lowest BCUT2D eigenvalue weighted by atomic mass is 10.0. The number of phenolic OH excluding ortho intramolecular Hbond substituents is 1. The van der Waals surface area contributed by atoms with E-state index < -0.39 is 6.04 Å². The molecule has 3 heterocycles. The highest BCUT2D eigenvalue weighted by atomic mass is 79.9. The Hall–Kier alpha value is -2.74. The predicted molar refractivity (Wildman–Crippen MR) is 92.9 cm³/mol. The zero-order valence-electron chi connectivity index (χ0n) is 12.3. The Bertz CT molecular complexity index is 962. The Kier molecular flexibility index (Phi) is 3.53. The molecule has 0 aliphatic carbocycles. The lowest BCUT2D eigenvalue weighted by molar-refractivity contribution is -0.117. The van der Waals surface area contributed by atoms with Crippen LogP contribution in [0.15, 0.2) is 41.3 Å². The van der Waals surface area contributed by atoms with Gasteiger partial charge in [-0.3, -0.25) is 4.79 Å². The normalized spacial score (nSPS) is 16.5. The summed E-state index contributed by atoms with van der Waals surface area (Å²) in [5.74, 6) is 1.02. The maximum absolute atomic E-state index is 12.3. The number of rotatable bonds is 2. The summed E-state index contributed by atoms with van der Waals surface area (Å²) in [4.78, 5) is 24.9. The summed E-state index contributed by atoms with van der Waals surface area (Å²) >= 11 is 3.39. The maximum Gasteiger partial charge on any atom is 0.248 e. The number of aromatic nitrogens is 3. The van der Waals surface area contributed by atoms with Crippen molar-refractivity contribution >= 4 is 44.4 Å². The van der Waals surface area contributed by atoms with Gasteiger partial charge >= 0.3 is 0 Å². The van der Waals surface area contributed by atoms with Crippen LogP contribution < -0.4 is 10.6 Å². The molecule has 120 valence electrons. The number of carbonyl (C=O) groups excluding carboxylic acids is 1. The first-order valence-corrected chi connectivity index (χ1v) is 8.05. The summed E-state index contributed by atoms with van der Waals surface area (Å²) in [5.41, 5.74) is 1.62. The van der Waals surface area contributed by atoms with Crippen molar-refractivity contribution in [2.75, 3.05) is 10.6 Å². The number of amides is 1. The lowest BCUT2D eigenvalue weighted by Crippen LogP contribution is -2.40. The largest absolute Gasteiger partial charge is 0.508 e. The molecule has 0 radical (unpaired) electrons. The Balaban J connectivity index is 1.68. The van der Waals surface area contributed by atoms with E-state index in [9.17, 15) is 9.90 Å². The van der Waals surface area contributed by atoms with Gasteiger partial charge < -0.3 is 15.7 Å². The van der Waals surface area contributed by atoms with E-state index in [2.05, 4.69) is 41.5 Å². The minimum Gasteiger partial charge on any atom is -0.508 e. The monoisotopic (exact) mass is 385 g/mol. The van der Waals surface area contributed by atoms with Crippen LogP contribution in [-0.2, 0) is 11.2 Å². The standard InChI is InChI=1S/C16H12BrN5O2/c17-9-3-8-4-13(16(24)22-14(8)18-6-9)21-15-11-5-10(23)1-2-12(11)19-7-20-15/h1-3,5-7,13,23H,4H2,(H,18,22,24)(H,19,20,21). The summed E-state index contributed by atoms with van der Waals surface area (Å²) in [6.45, 7) is 0. The van der Waals surface area contributed by atoms with E-state index in [1.54, 1.807) is 24.4 Å². The van der Waals surface area contributed by atoms with Crippen molar-refractivity contribution in [1.29, 1.82) is 0 Å². The number of nitrogens with one attached hydrogen (secondary N) is 2. The van der Waals surface area contributed by atoms with Crippen molar-refractivity contribution in [3.05, 3.63) is 46.8 Å². The van der Waals surface area contributed by atoms with Gasteiger partial charge in [-0.25, -0.2) is 15.0 Å². The molecule has 8 heteroatoms. The number of carbonyl (C=O) groups is 1. The van der Waals surface area contributed by atoms with Crippen LogP contribution in [0.25, 0.3) is 10.9 Å². The van der Waals surface area contributed by atoms with Gasteiger partial charge in [-0.05, 0) is 45.8 Å². The van der Waals surface area contributed by atoms with Crippen molar-refractivity contribution in [2.24, 2.45) is 0 Å². The molecule has 1 aliphatic rings. The van der Waals surface area contributed by atoms with Crippen molar-refractivity contribution in [1.82, 2.24) is 15.0 Å². The molecule has 0 fully saturated rings. The number of phenols is 1. The van der Waals surface area contributed by atoms with Crippen molar-refractivity contribution in [3.8, 4) is 5.75 Å². The average molecular weight is 386 g/mol. The second kappa shape index (κ2) is 5.72. The van der Waals surface area contributed by atoms with E-state index in [-0.39, 0.29) is 11.7 Å². The maximum atomic E-state index is 12.3.